The summed E-state index contributed by atoms with van der Waals surface area (Å²) in [6.45, 7) is 2.98. The molecule has 0 saturated carbocycles. The molecule has 0 bridgehead atoms. The number of urea groups is 1. The first kappa shape index (κ1) is 25.7. The van der Waals surface area contributed by atoms with Crippen molar-refractivity contribution in [2.24, 2.45) is 0 Å². The summed E-state index contributed by atoms with van der Waals surface area (Å²) in [6.07, 6.45) is 3.44. The molecule has 1 N–H and O–H groups in total. The second kappa shape index (κ2) is 11.6. The fourth-order valence-electron chi connectivity index (χ4n) is 4.35. The number of benzene rings is 4. The van der Waals surface area contributed by atoms with E-state index in [4.69, 9.17) is 9.47 Å². The maximum Gasteiger partial charge on any atom is 0.335 e. The van der Waals surface area contributed by atoms with Gasteiger partial charge in [0, 0.05) is 5.56 Å². The molecule has 196 valence electrons. The van der Waals surface area contributed by atoms with E-state index >= 15 is 0 Å². The van der Waals surface area contributed by atoms with E-state index < -0.39 is 17.8 Å². The average Bonchev–Trinajstić information content (AvgIpc) is 2.96. The van der Waals surface area contributed by atoms with Crippen molar-refractivity contribution in [2.45, 2.75) is 26.4 Å². The molecule has 1 aliphatic rings. The highest BCUT2D eigenvalue weighted by Gasteiger charge is 2.37. The first-order valence-corrected chi connectivity index (χ1v) is 12.9. The first-order valence-electron chi connectivity index (χ1n) is 12.9. The van der Waals surface area contributed by atoms with E-state index in [1.807, 2.05) is 66.7 Å². The maximum absolute atomic E-state index is 13.6. The number of nitrogens with one attached hydrogen (secondary N) is 1. The Morgan fingerprint density at radius 2 is 1.56 bits per heavy atom. The highest BCUT2D eigenvalue weighted by molar-refractivity contribution is 6.39. The Labute approximate surface area is 226 Å². The summed E-state index contributed by atoms with van der Waals surface area (Å²) in [5, 5.41) is 4.03. The molecule has 0 atom stereocenters. The molecule has 4 aromatic rings. The van der Waals surface area contributed by atoms with Crippen molar-refractivity contribution in [3.63, 3.8) is 0 Å². The van der Waals surface area contributed by atoms with Crippen LogP contribution in [-0.4, -0.2) is 24.5 Å². The minimum Gasteiger partial charge on any atom is -0.494 e. The van der Waals surface area contributed by atoms with E-state index in [9.17, 15) is 14.4 Å². The van der Waals surface area contributed by atoms with Gasteiger partial charge >= 0.3 is 6.03 Å². The minimum atomic E-state index is -0.805. The normalized spacial score (nSPS) is 14.5. The van der Waals surface area contributed by atoms with Gasteiger partial charge in [-0.3, -0.25) is 14.9 Å². The van der Waals surface area contributed by atoms with Crippen molar-refractivity contribution in [3.8, 4) is 11.5 Å². The van der Waals surface area contributed by atoms with E-state index in [-0.39, 0.29) is 5.57 Å². The number of rotatable bonds is 9. The third-order valence-electron chi connectivity index (χ3n) is 6.42. The molecular weight excluding hydrogens is 492 g/mol. The second-order valence-electron chi connectivity index (χ2n) is 9.13. The molecule has 4 aromatic carbocycles. The molecule has 0 spiro atoms. The van der Waals surface area contributed by atoms with Crippen molar-refractivity contribution in [3.05, 3.63) is 108 Å². The third kappa shape index (κ3) is 5.67. The van der Waals surface area contributed by atoms with Crippen LogP contribution in [0.25, 0.3) is 16.8 Å². The highest BCUT2D eigenvalue weighted by Crippen LogP contribution is 2.32. The number of unbranched alkanes of at least 4 members (excludes halogenated alkanes) is 1. The van der Waals surface area contributed by atoms with Crippen LogP contribution in [0.4, 0.5) is 10.5 Å². The zero-order chi connectivity index (χ0) is 27.2. The van der Waals surface area contributed by atoms with Crippen LogP contribution < -0.4 is 19.7 Å². The lowest BCUT2D eigenvalue weighted by Gasteiger charge is -2.26. The van der Waals surface area contributed by atoms with Gasteiger partial charge in [0.25, 0.3) is 11.8 Å². The molecule has 7 nitrogen and oxygen atoms in total. The molecule has 4 amide bonds. The van der Waals surface area contributed by atoms with Crippen LogP contribution in [0.3, 0.4) is 0 Å². The van der Waals surface area contributed by atoms with E-state index in [2.05, 4.69) is 12.2 Å². The zero-order valence-corrected chi connectivity index (χ0v) is 21.6. The first-order chi connectivity index (χ1) is 19.0. The molecule has 1 saturated heterocycles. The largest absolute Gasteiger partial charge is 0.494 e. The minimum absolute atomic E-state index is 0.168. The number of fused-ring (bicyclic) bond motifs is 1. The molecule has 5 rings (SSSR count). The van der Waals surface area contributed by atoms with Crippen molar-refractivity contribution in [2.75, 3.05) is 11.5 Å². The van der Waals surface area contributed by atoms with Crippen LogP contribution in [0.15, 0.2) is 96.6 Å². The van der Waals surface area contributed by atoms with Gasteiger partial charge in [0.1, 0.15) is 23.7 Å². The highest BCUT2D eigenvalue weighted by atomic mass is 16.5. The number of anilines is 1. The van der Waals surface area contributed by atoms with Crippen molar-refractivity contribution in [1.82, 2.24) is 5.32 Å². The smallest absolute Gasteiger partial charge is 0.335 e. The van der Waals surface area contributed by atoms with Crippen molar-refractivity contribution < 1.29 is 23.9 Å². The quantitative estimate of drug-likeness (QED) is 0.160. The van der Waals surface area contributed by atoms with Gasteiger partial charge in [0.15, 0.2) is 0 Å². The summed E-state index contributed by atoms with van der Waals surface area (Å²) in [6, 6.07) is 27.0. The van der Waals surface area contributed by atoms with Gasteiger partial charge < -0.3 is 9.47 Å². The van der Waals surface area contributed by atoms with Gasteiger partial charge in [-0.15, -0.1) is 0 Å². The number of hydrogen-bond donors (Lipinski definition) is 1. The molecule has 0 aliphatic carbocycles. The Bertz CT molecular complexity index is 1540. The molecule has 0 unspecified atom stereocenters. The standard InChI is InChI=1S/C32H28N2O5/c1-2-3-19-38-25-16-14-24(15-17-25)34-31(36)28(30(35)33-32(34)37)20-27-26-12-8-7-11-23(26)13-18-29(27)39-21-22-9-5-4-6-10-22/h4-18,20H,2-3,19,21H2,1H3,(H,33,35,37)/b28-20-. The molecule has 1 aliphatic heterocycles. The van der Waals surface area contributed by atoms with Crippen LogP contribution in [-0.2, 0) is 16.2 Å². The molecule has 7 heteroatoms. The van der Waals surface area contributed by atoms with E-state index in [1.54, 1.807) is 24.3 Å². The Kier molecular flexibility index (Phi) is 7.68. The van der Waals surface area contributed by atoms with Crippen molar-refractivity contribution in [1.29, 1.82) is 0 Å². The summed E-state index contributed by atoms with van der Waals surface area (Å²) in [7, 11) is 0. The van der Waals surface area contributed by atoms with E-state index in [1.165, 1.54) is 6.08 Å². The Morgan fingerprint density at radius 3 is 2.33 bits per heavy atom. The topological polar surface area (TPSA) is 84.9 Å². The number of hydrogen-bond acceptors (Lipinski definition) is 5. The third-order valence-corrected chi connectivity index (χ3v) is 6.42. The summed E-state index contributed by atoms with van der Waals surface area (Å²) in [5.41, 5.74) is 1.72. The molecule has 39 heavy (non-hydrogen) atoms. The number of imide groups is 2. The van der Waals surface area contributed by atoms with Gasteiger partial charge in [-0.05, 0) is 59.2 Å². The summed E-state index contributed by atoms with van der Waals surface area (Å²) in [5.74, 6) is -0.324. The number of nitrogens with zero attached hydrogens (tertiary/aromatic N) is 1. The fraction of sp³-hybridized carbons (Fsp3) is 0.156. The number of amides is 4. The summed E-state index contributed by atoms with van der Waals surface area (Å²) >= 11 is 0. The van der Waals surface area contributed by atoms with Gasteiger partial charge in [0.2, 0.25) is 0 Å². The Balaban J connectivity index is 1.49. The average molecular weight is 521 g/mol. The SMILES string of the molecule is CCCCOc1ccc(N2C(=O)NC(=O)/C(=C/c3c(OCc4ccccc4)ccc4ccccc34)C2=O)cc1. The van der Waals surface area contributed by atoms with Crippen LogP contribution in [0, 0.1) is 0 Å². The molecular formula is C32H28N2O5. The lowest BCUT2D eigenvalue weighted by atomic mass is 9.99. The molecule has 0 radical (unpaired) electrons. The van der Waals surface area contributed by atoms with Gasteiger partial charge in [-0.25, -0.2) is 9.69 Å². The van der Waals surface area contributed by atoms with Crippen LogP contribution in [0.1, 0.15) is 30.9 Å². The summed E-state index contributed by atoms with van der Waals surface area (Å²) in [4.78, 5) is 40.2. The van der Waals surface area contributed by atoms with E-state index in [0.717, 1.165) is 34.1 Å². The predicted molar refractivity (Wildman–Crippen MR) is 151 cm³/mol. The predicted octanol–water partition coefficient (Wildman–Crippen LogP) is 6.26. The Morgan fingerprint density at radius 1 is 0.821 bits per heavy atom. The maximum atomic E-state index is 13.6. The lowest BCUT2D eigenvalue weighted by Crippen LogP contribution is -2.54. The summed E-state index contributed by atoms with van der Waals surface area (Å²) < 4.78 is 11.8. The van der Waals surface area contributed by atoms with Crippen LogP contribution >= 0.6 is 0 Å². The Hall–Kier alpha value is -4.91. The number of carbonyl (C=O) groups excluding carboxylic acids is 3. The zero-order valence-electron chi connectivity index (χ0n) is 21.6. The van der Waals surface area contributed by atoms with Gasteiger partial charge in [-0.1, -0.05) is 74.0 Å². The number of carbonyl (C=O) groups is 3. The molecule has 1 fully saturated rings. The van der Waals surface area contributed by atoms with Gasteiger partial charge in [-0.2, -0.15) is 0 Å². The van der Waals surface area contributed by atoms with Crippen LogP contribution in [0.2, 0.25) is 0 Å². The molecule has 0 aromatic heterocycles. The number of ether oxygens (including phenoxy) is 2. The van der Waals surface area contributed by atoms with E-state index in [0.29, 0.717) is 36.0 Å². The monoisotopic (exact) mass is 520 g/mol. The molecule has 1 heterocycles. The van der Waals surface area contributed by atoms with Gasteiger partial charge in [0.05, 0.1) is 12.3 Å². The number of barbiturate groups is 1. The van der Waals surface area contributed by atoms with Crippen molar-refractivity contribution >= 4 is 40.4 Å². The lowest BCUT2D eigenvalue weighted by molar-refractivity contribution is -0.122. The van der Waals surface area contributed by atoms with Crippen LogP contribution in [0.5, 0.6) is 11.5 Å². The second-order valence-corrected chi connectivity index (χ2v) is 9.13. The fourth-order valence-corrected chi connectivity index (χ4v) is 4.35.